The third-order valence-corrected chi connectivity index (χ3v) is 9.17. The molecule has 0 saturated carbocycles. The SMILES string of the molecule is COc1ccc(CN2CC[C@@H]([C@H](N[S@@](=O)c3ccc(C)cc3)C(C)(C)C)S2(=O)=O)cc1. The summed E-state index contributed by atoms with van der Waals surface area (Å²) in [6.45, 7) is 8.70. The first-order valence-corrected chi connectivity index (χ1v) is 13.0. The van der Waals surface area contributed by atoms with Crippen molar-refractivity contribution < 1.29 is 17.4 Å². The van der Waals surface area contributed by atoms with E-state index >= 15 is 0 Å². The predicted octanol–water partition coefficient (Wildman–Crippen LogP) is 3.63. The molecule has 1 heterocycles. The van der Waals surface area contributed by atoms with Crippen LogP contribution in [0.25, 0.3) is 0 Å². The Kier molecular flexibility index (Phi) is 7.25. The van der Waals surface area contributed by atoms with Gasteiger partial charge in [-0.2, -0.15) is 4.31 Å². The van der Waals surface area contributed by atoms with E-state index in [9.17, 15) is 12.6 Å². The summed E-state index contributed by atoms with van der Waals surface area (Å²) in [4.78, 5) is 0.644. The summed E-state index contributed by atoms with van der Waals surface area (Å²) in [5.74, 6) is 0.737. The van der Waals surface area contributed by atoms with Crippen molar-refractivity contribution in [2.45, 2.75) is 56.8 Å². The van der Waals surface area contributed by atoms with Crippen LogP contribution in [0.1, 0.15) is 38.3 Å². The van der Waals surface area contributed by atoms with E-state index in [1.54, 1.807) is 7.11 Å². The van der Waals surface area contributed by atoms with Crippen LogP contribution in [0.15, 0.2) is 53.4 Å². The average Bonchev–Trinajstić information content (AvgIpc) is 3.00. The van der Waals surface area contributed by atoms with Gasteiger partial charge in [0.2, 0.25) is 10.0 Å². The Bertz CT molecular complexity index is 1010. The quantitative estimate of drug-likeness (QED) is 0.679. The highest BCUT2D eigenvalue weighted by Gasteiger charge is 2.47. The lowest BCUT2D eigenvalue weighted by Crippen LogP contribution is -2.52. The smallest absolute Gasteiger partial charge is 0.218 e. The first-order chi connectivity index (χ1) is 14.5. The normalized spacial score (nSPS) is 21.0. The van der Waals surface area contributed by atoms with Crippen LogP contribution in [0.5, 0.6) is 5.75 Å². The standard InChI is InChI=1S/C23H32N2O4S2/c1-17-6-12-20(13-7-17)30(26)24-22(23(2,3)4)21-14-15-25(31(21,27)28)16-18-8-10-19(29-5)11-9-18/h6-13,21-22,24H,14-16H2,1-5H3/t21-,22-,30-/m0/s1. The zero-order chi connectivity index (χ0) is 22.8. The van der Waals surface area contributed by atoms with Crippen LogP contribution in [-0.4, -0.2) is 41.9 Å². The van der Waals surface area contributed by atoms with Crippen molar-refractivity contribution >= 4 is 21.0 Å². The van der Waals surface area contributed by atoms with Crippen molar-refractivity contribution in [1.82, 2.24) is 9.03 Å². The molecule has 0 radical (unpaired) electrons. The molecule has 1 saturated heterocycles. The highest BCUT2D eigenvalue weighted by Crippen LogP contribution is 2.34. The molecule has 0 unspecified atom stereocenters. The second-order valence-electron chi connectivity index (χ2n) is 9.10. The summed E-state index contributed by atoms with van der Waals surface area (Å²) in [6, 6.07) is 14.4. The van der Waals surface area contributed by atoms with Gasteiger partial charge in [0, 0.05) is 19.1 Å². The Morgan fingerprint density at radius 2 is 1.74 bits per heavy atom. The summed E-state index contributed by atoms with van der Waals surface area (Å²) in [5.41, 5.74) is 1.60. The second kappa shape index (κ2) is 9.40. The lowest BCUT2D eigenvalue weighted by atomic mass is 9.84. The summed E-state index contributed by atoms with van der Waals surface area (Å²) in [7, 11) is -3.45. The number of nitrogens with zero attached hydrogens (tertiary/aromatic N) is 1. The number of sulfonamides is 1. The number of hydrogen-bond donors (Lipinski definition) is 1. The van der Waals surface area contributed by atoms with Crippen LogP contribution in [0.2, 0.25) is 0 Å². The van der Waals surface area contributed by atoms with Gasteiger partial charge in [-0.15, -0.1) is 0 Å². The largest absolute Gasteiger partial charge is 0.497 e. The molecule has 31 heavy (non-hydrogen) atoms. The molecule has 8 heteroatoms. The molecule has 1 aliphatic rings. The van der Waals surface area contributed by atoms with Gasteiger partial charge in [-0.1, -0.05) is 50.6 Å². The zero-order valence-electron chi connectivity index (χ0n) is 18.8. The minimum Gasteiger partial charge on any atom is -0.497 e. The predicted molar refractivity (Wildman–Crippen MR) is 125 cm³/mol. The van der Waals surface area contributed by atoms with E-state index in [1.807, 2.05) is 76.2 Å². The van der Waals surface area contributed by atoms with Crippen molar-refractivity contribution in [2.75, 3.05) is 13.7 Å². The topological polar surface area (TPSA) is 75.7 Å². The van der Waals surface area contributed by atoms with Gasteiger partial charge in [0.15, 0.2) is 0 Å². The van der Waals surface area contributed by atoms with Crippen molar-refractivity contribution in [1.29, 1.82) is 0 Å². The van der Waals surface area contributed by atoms with E-state index in [2.05, 4.69) is 4.72 Å². The van der Waals surface area contributed by atoms with Crippen LogP contribution in [-0.2, 0) is 27.6 Å². The van der Waals surface area contributed by atoms with E-state index in [0.29, 0.717) is 24.4 Å². The summed E-state index contributed by atoms with van der Waals surface area (Å²) in [6.07, 6.45) is 0.499. The fraction of sp³-hybridized carbons (Fsp3) is 0.478. The molecular formula is C23H32N2O4S2. The van der Waals surface area contributed by atoms with Crippen LogP contribution in [0, 0.1) is 12.3 Å². The molecule has 0 aromatic heterocycles. The van der Waals surface area contributed by atoms with Crippen LogP contribution in [0.4, 0.5) is 0 Å². The molecule has 0 bridgehead atoms. The van der Waals surface area contributed by atoms with Gasteiger partial charge in [-0.3, -0.25) is 0 Å². The fourth-order valence-electron chi connectivity index (χ4n) is 3.84. The van der Waals surface area contributed by atoms with Gasteiger partial charge < -0.3 is 4.74 Å². The number of hydrogen-bond acceptors (Lipinski definition) is 4. The molecule has 0 spiro atoms. The summed E-state index contributed by atoms with van der Waals surface area (Å²) < 4.78 is 49.7. The molecule has 6 nitrogen and oxygen atoms in total. The third kappa shape index (κ3) is 5.55. The molecule has 2 aromatic rings. The van der Waals surface area contributed by atoms with E-state index in [0.717, 1.165) is 16.9 Å². The molecule has 3 atom stereocenters. The van der Waals surface area contributed by atoms with Crippen LogP contribution < -0.4 is 9.46 Å². The Hall–Kier alpha value is -1.74. The Labute approximate surface area is 188 Å². The molecule has 3 rings (SSSR count). The summed E-state index contributed by atoms with van der Waals surface area (Å²) >= 11 is 0. The third-order valence-electron chi connectivity index (χ3n) is 5.70. The van der Waals surface area contributed by atoms with Gasteiger partial charge in [0.1, 0.15) is 16.7 Å². The molecule has 0 amide bonds. The van der Waals surface area contributed by atoms with Gasteiger partial charge in [-0.25, -0.2) is 17.3 Å². The zero-order valence-corrected chi connectivity index (χ0v) is 20.4. The average molecular weight is 465 g/mol. The minimum absolute atomic E-state index is 0.320. The molecule has 2 aromatic carbocycles. The molecule has 170 valence electrons. The van der Waals surface area contributed by atoms with Crippen LogP contribution in [0.3, 0.4) is 0 Å². The minimum atomic E-state index is -3.55. The first-order valence-electron chi connectivity index (χ1n) is 10.4. The molecular weight excluding hydrogens is 432 g/mol. The number of rotatable bonds is 7. The van der Waals surface area contributed by atoms with Gasteiger partial charge in [-0.05, 0) is 48.6 Å². The molecule has 1 aliphatic heterocycles. The van der Waals surface area contributed by atoms with Crippen molar-refractivity contribution in [3.05, 3.63) is 59.7 Å². The maximum Gasteiger partial charge on any atom is 0.218 e. The first kappa shape index (κ1) is 23.9. The highest BCUT2D eigenvalue weighted by molar-refractivity contribution is 7.90. The van der Waals surface area contributed by atoms with Crippen molar-refractivity contribution in [3.63, 3.8) is 0 Å². The molecule has 1 fully saturated rings. The van der Waals surface area contributed by atoms with Gasteiger partial charge in [0.05, 0.1) is 17.3 Å². The number of benzene rings is 2. The lowest BCUT2D eigenvalue weighted by molar-refractivity contribution is 0.289. The van der Waals surface area contributed by atoms with Gasteiger partial charge in [0.25, 0.3) is 0 Å². The Morgan fingerprint density at radius 1 is 1.13 bits per heavy atom. The molecule has 0 aliphatic carbocycles. The highest BCUT2D eigenvalue weighted by atomic mass is 32.2. The van der Waals surface area contributed by atoms with E-state index < -0.39 is 37.7 Å². The monoisotopic (exact) mass is 464 g/mol. The lowest BCUT2D eigenvalue weighted by Gasteiger charge is -2.35. The van der Waals surface area contributed by atoms with Gasteiger partial charge >= 0.3 is 0 Å². The fourth-order valence-corrected chi connectivity index (χ4v) is 7.49. The Morgan fingerprint density at radius 3 is 2.29 bits per heavy atom. The van der Waals surface area contributed by atoms with E-state index in [1.165, 1.54) is 4.31 Å². The number of aryl methyl sites for hydroxylation is 1. The Balaban J connectivity index is 1.79. The molecule has 1 N–H and O–H groups in total. The summed E-state index contributed by atoms with van der Waals surface area (Å²) in [5, 5.41) is -0.639. The number of nitrogens with one attached hydrogen (secondary N) is 1. The van der Waals surface area contributed by atoms with E-state index in [-0.39, 0.29) is 0 Å². The number of ether oxygens (including phenoxy) is 1. The second-order valence-corrected chi connectivity index (χ2v) is 12.5. The maximum atomic E-state index is 13.4. The van der Waals surface area contributed by atoms with Crippen molar-refractivity contribution in [3.8, 4) is 5.75 Å². The van der Waals surface area contributed by atoms with Crippen molar-refractivity contribution in [2.24, 2.45) is 5.41 Å². The maximum absolute atomic E-state index is 13.4. The van der Waals surface area contributed by atoms with Crippen LogP contribution >= 0.6 is 0 Å². The van der Waals surface area contributed by atoms with E-state index in [4.69, 9.17) is 4.74 Å². The number of methoxy groups -OCH3 is 1.